The number of aliphatic hydroxyl groups excluding tert-OH is 7. The normalized spacial score (nSPS) is 22.5. The van der Waals surface area contributed by atoms with Gasteiger partial charge in [-0.1, -0.05) is 167 Å². The third-order valence-corrected chi connectivity index (χ3v) is 11.1. The fourth-order valence-electron chi connectivity index (χ4n) is 7.26. The predicted octanol–water partition coefficient (Wildman–Crippen LogP) is 6.89. The number of ether oxygens (including phenoxy) is 2. The first kappa shape index (κ1) is 51.9. The molecule has 1 aliphatic rings. The lowest BCUT2D eigenvalue weighted by Gasteiger charge is -2.40. The van der Waals surface area contributed by atoms with Gasteiger partial charge in [-0.2, -0.15) is 0 Å². The van der Waals surface area contributed by atoms with Crippen LogP contribution in [0.2, 0.25) is 0 Å². The molecular weight excluding hydrogens is 702 g/mol. The van der Waals surface area contributed by atoms with Gasteiger partial charge in [0.2, 0.25) is 5.91 Å². The summed E-state index contributed by atoms with van der Waals surface area (Å²) in [5, 5.41) is 75.3. The third kappa shape index (κ3) is 25.1. The number of carbonyl (C=O) groups is 1. The van der Waals surface area contributed by atoms with Crippen molar-refractivity contribution in [3.63, 3.8) is 0 Å². The summed E-state index contributed by atoms with van der Waals surface area (Å²) >= 11 is 0. The van der Waals surface area contributed by atoms with Crippen LogP contribution in [0.5, 0.6) is 0 Å². The Morgan fingerprint density at radius 2 is 1.07 bits per heavy atom. The number of rotatable bonds is 37. The van der Waals surface area contributed by atoms with Crippen molar-refractivity contribution in [2.24, 2.45) is 0 Å². The van der Waals surface area contributed by atoms with Gasteiger partial charge in [0.25, 0.3) is 0 Å². The quantitative estimate of drug-likeness (QED) is 0.0243. The average Bonchev–Trinajstić information content (AvgIpc) is 3.18. The first-order valence-electron chi connectivity index (χ1n) is 22.6. The molecule has 9 unspecified atom stereocenters. The molecule has 1 aliphatic heterocycles. The molecule has 0 radical (unpaired) electrons. The molecule has 1 rings (SSSR count). The smallest absolute Gasteiger partial charge is 0.249 e. The topological polar surface area (TPSA) is 189 Å². The number of hydrogen-bond donors (Lipinski definition) is 8. The number of hydrogen-bond acceptors (Lipinski definition) is 10. The van der Waals surface area contributed by atoms with Gasteiger partial charge < -0.3 is 50.5 Å². The highest BCUT2D eigenvalue weighted by Gasteiger charge is 2.44. The van der Waals surface area contributed by atoms with Gasteiger partial charge in [-0.3, -0.25) is 4.79 Å². The van der Waals surface area contributed by atoms with Crippen molar-refractivity contribution in [2.75, 3.05) is 13.2 Å². The van der Waals surface area contributed by atoms with Crippen molar-refractivity contribution in [1.82, 2.24) is 5.32 Å². The van der Waals surface area contributed by atoms with Crippen LogP contribution in [0.15, 0.2) is 12.2 Å². The van der Waals surface area contributed by atoms with E-state index in [0.29, 0.717) is 12.8 Å². The zero-order chi connectivity index (χ0) is 40.5. The van der Waals surface area contributed by atoms with E-state index in [2.05, 4.69) is 31.3 Å². The molecule has 0 saturated carbocycles. The van der Waals surface area contributed by atoms with E-state index >= 15 is 0 Å². The van der Waals surface area contributed by atoms with Gasteiger partial charge in [-0.15, -0.1) is 0 Å². The molecule has 11 heteroatoms. The van der Waals surface area contributed by atoms with Crippen molar-refractivity contribution in [1.29, 1.82) is 0 Å². The predicted molar refractivity (Wildman–Crippen MR) is 219 cm³/mol. The Balaban J connectivity index is 2.42. The summed E-state index contributed by atoms with van der Waals surface area (Å²) in [6, 6.07) is -1.18. The third-order valence-electron chi connectivity index (χ3n) is 11.1. The lowest BCUT2D eigenvalue weighted by molar-refractivity contribution is -0.303. The number of allylic oxidation sites excluding steroid dienone is 2. The number of aliphatic hydroxyl groups is 7. The molecule has 326 valence electrons. The van der Waals surface area contributed by atoms with Crippen molar-refractivity contribution >= 4 is 5.91 Å². The molecule has 0 aromatic heterocycles. The van der Waals surface area contributed by atoms with Gasteiger partial charge in [0.05, 0.1) is 25.4 Å². The SMILES string of the molecule is CCCCCCCCCCCCCCCCC/C=C/CCCC(O)C(O)C(COC1OC(CO)C(O)C(O)C1O)NC(=O)C(O)CCCCCCCCCC. The van der Waals surface area contributed by atoms with Gasteiger partial charge >= 0.3 is 0 Å². The molecule has 1 fully saturated rings. The maximum Gasteiger partial charge on any atom is 0.249 e. The van der Waals surface area contributed by atoms with Crippen LogP contribution in [0.1, 0.15) is 194 Å². The average molecular weight is 788 g/mol. The Labute approximate surface area is 334 Å². The maximum absolute atomic E-state index is 13.0. The Hall–Kier alpha value is -1.15. The van der Waals surface area contributed by atoms with Crippen molar-refractivity contribution in [3.8, 4) is 0 Å². The zero-order valence-electron chi connectivity index (χ0n) is 34.9. The van der Waals surface area contributed by atoms with Crippen LogP contribution < -0.4 is 5.32 Å². The molecule has 9 atom stereocenters. The highest BCUT2D eigenvalue weighted by molar-refractivity contribution is 5.80. The summed E-state index contributed by atoms with van der Waals surface area (Å²) in [7, 11) is 0. The van der Waals surface area contributed by atoms with E-state index in [9.17, 15) is 40.5 Å². The molecule has 0 bridgehead atoms. The fourth-order valence-corrected chi connectivity index (χ4v) is 7.26. The van der Waals surface area contributed by atoms with Gasteiger partial charge in [0, 0.05) is 0 Å². The largest absolute Gasteiger partial charge is 0.394 e. The van der Waals surface area contributed by atoms with Crippen molar-refractivity contribution < 1.29 is 50.0 Å². The Bertz CT molecular complexity index is 908. The molecule has 1 saturated heterocycles. The molecule has 0 aliphatic carbocycles. The van der Waals surface area contributed by atoms with E-state index in [1.807, 2.05) is 0 Å². The summed E-state index contributed by atoms with van der Waals surface area (Å²) in [4.78, 5) is 13.0. The standard InChI is InChI=1S/C44H85NO10/c1-3-5-7-9-11-13-14-15-16-17-18-19-20-21-22-23-24-26-27-29-31-36(47)39(49)35(34-54-44-42(52)41(51)40(50)38(33-46)55-44)45-43(53)37(48)32-30-28-25-12-10-8-6-4-2/h24,26,35-42,44,46-52H,3-23,25,27-34H2,1-2H3,(H,45,53)/b26-24+. The van der Waals surface area contributed by atoms with Crippen LogP contribution >= 0.6 is 0 Å². The summed E-state index contributed by atoms with van der Waals surface area (Å²) < 4.78 is 11.0. The summed E-state index contributed by atoms with van der Waals surface area (Å²) in [6.45, 7) is 3.38. The molecule has 55 heavy (non-hydrogen) atoms. The van der Waals surface area contributed by atoms with Crippen LogP contribution in [-0.4, -0.2) is 110 Å². The lowest BCUT2D eigenvalue weighted by atomic mass is 9.98. The summed E-state index contributed by atoms with van der Waals surface area (Å²) in [5.41, 5.74) is 0. The van der Waals surface area contributed by atoms with Crippen LogP contribution in [0.4, 0.5) is 0 Å². The Morgan fingerprint density at radius 1 is 0.618 bits per heavy atom. The van der Waals surface area contributed by atoms with E-state index in [4.69, 9.17) is 9.47 Å². The molecule has 0 aromatic carbocycles. The van der Waals surface area contributed by atoms with Crippen LogP contribution in [0, 0.1) is 0 Å². The molecule has 0 spiro atoms. The first-order valence-corrected chi connectivity index (χ1v) is 22.6. The molecule has 1 amide bonds. The van der Waals surface area contributed by atoms with Gasteiger partial charge in [0.15, 0.2) is 6.29 Å². The van der Waals surface area contributed by atoms with Gasteiger partial charge in [-0.25, -0.2) is 0 Å². The monoisotopic (exact) mass is 788 g/mol. The number of amides is 1. The van der Waals surface area contributed by atoms with E-state index in [-0.39, 0.29) is 12.8 Å². The van der Waals surface area contributed by atoms with Crippen LogP contribution in [-0.2, 0) is 14.3 Å². The summed E-state index contributed by atoms with van der Waals surface area (Å²) in [5.74, 6) is -0.710. The molecule has 0 aromatic rings. The van der Waals surface area contributed by atoms with Crippen molar-refractivity contribution in [3.05, 3.63) is 12.2 Å². The zero-order valence-corrected chi connectivity index (χ0v) is 34.9. The highest BCUT2D eigenvalue weighted by Crippen LogP contribution is 2.23. The minimum absolute atomic E-state index is 0.255. The fraction of sp³-hybridized carbons (Fsp3) is 0.932. The minimum Gasteiger partial charge on any atom is -0.394 e. The van der Waals surface area contributed by atoms with E-state index in [0.717, 1.165) is 38.5 Å². The number of nitrogens with one attached hydrogen (secondary N) is 1. The summed E-state index contributed by atoms with van der Waals surface area (Å²) in [6.07, 6.45) is 24.4. The second kappa shape index (κ2) is 34.9. The molecule has 8 N–H and O–H groups in total. The van der Waals surface area contributed by atoms with Gasteiger partial charge in [0.1, 0.15) is 36.6 Å². The van der Waals surface area contributed by atoms with E-state index < -0.39 is 74.2 Å². The number of carbonyl (C=O) groups excluding carboxylic acids is 1. The van der Waals surface area contributed by atoms with Crippen LogP contribution in [0.3, 0.4) is 0 Å². The van der Waals surface area contributed by atoms with E-state index in [1.165, 1.54) is 116 Å². The molecule has 11 nitrogen and oxygen atoms in total. The van der Waals surface area contributed by atoms with Gasteiger partial charge in [-0.05, 0) is 38.5 Å². The second-order valence-electron chi connectivity index (χ2n) is 16.1. The van der Waals surface area contributed by atoms with E-state index in [1.54, 1.807) is 0 Å². The van der Waals surface area contributed by atoms with Crippen LogP contribution in [0.25, 0.3) is 0 Å². The maximum atomic E-state index is 13.0. The molecular formula is C44H85NO10. The Kier molecular flexibility index (Phi) is 32.9. The van der Waals surface area contributed by atoms with Crippen molar-refractivity contribution in [2.45, 2.75) is 249 Å². The minimum atomic E-state index is -1.66. The lowest BCUT2D eigenvalue weighted by Crippen LogP contribution is -2.60. The number of unbranched alkanes of at least 4 members (excludes halogenated alkanes) is 23. The first-order chi connectivity index (χ1) is 26.7. The second-order valence-corrected chi connectivity index (χ2v) is 16.1. The molecule has 1 heterocycles. The highest BCUT2D eigenvalue weighted by atomic mass is 16.7. The Morgan fingerprint density at radius 3 is 1.56 bits per heavy atom.